The van der Waals surface area contributed by atoms with E-state index in [-0.39, 0.29) is 0 Å². The molecule has 2 aromatic heterocycles. The van der Waals surface area contributed by atoms with Gasteiger partial charge in [0.15, 0.2) is 11.6 Å². The molecule has 0 radical (unpaired) electrons. The second kappa shape index (κ2) is 4.78. The molecule has 0 amide bonds. The summed E-state index contributed by atoms with van der Waals surface area (Å²) in [7, 11) is 0. The van der Waals surface area contributed by atoms with Crippen LogP contribution in [0.15, 0.2) is 53.5 Å². The summed E-state index contributed by atoms with van der Waals surface area (Å²) in [6, 6.07) is 8.27. The Bertz CT molecular complexity index is 625. The number of hydrogen-bond donors (Lipinski definition) is 1. The van der Waals surface area contributed by atoms with Gasteiger partial charge in [-0.15, -0.1) is 0 Å². The molecule has 1 N–H and O–H groups in total. The highest BCUT2D eigenvalue weighted by Crippen LogP contribution is 2.16. The summed E-state index contributed by atoms with van der Waals surface area (Å²) in [5, 5.41) is 0. The lowest BCUT2D eigenvalue weighted by atomic mass is 10.2. The fourth-order valence-electron chi connectivity index (χ4n) is 1.83. The van der Waals surface area contributed by atoms with Crippen molar-refractivity contribution < 1.29 is 0 Å². The average molecular weight is 303 g/mol. The topological polar surface area (TPSA) is 46.5 Å². The number of hydrogen-bond acceptors (Lipinski definition) is 2. The zero-order chi connectivity index (χ0) is 12.4. The van der Waals surface area contributed by atoms with Gasteiger partial charge in [0, 0.05) is 35.8 Å². The third-order valence-corrected chi connectivity index (χ3v) is 3.22. The van der Waals surface area contributed by atoms with Crippen LogP contribution in [0, 0.1) is 0 Å². The monoisotopic (exact) mass is 302 g/mol. The van der Waals surface area contributed by atoms with Gasteiger partial charge in [0.25, 0.3) is 0 Å². The Morgan fingerprint density at radius 3 is 2.67 bits per heavy atom. The van der Waals surface area contributed by atoms with Crippen LogP contribution in [-0.4, -0.2) is 19.5 Å². The van der Waals surface area contributed by atoms with Crippen molar-refractivity contribution in [3.8, 4) is 11.6 Å². The van der Waals surface area contributed by atoms with Gasteiger partial charge in [-0.05, 0) is 17.7 Å². The van der Waals surface area contributed by atoms with E-state index in [4.69, 9.17) is 0 Å². The van der Waals surface area contributed by atoms with Gasteiger partial charge in [-0.2, -0.15) is 0 Å². The van der Waals surface area contributed by atoms with Gasteiger partial charge < -0.3 is 9.55 Å². The van der Waals surface area contributed by atoms with Gasteiger partial charge in [-0.1, -0.05) is 28.1 Å². The van der Waals surface area contributed by atoms with E-state index in [1.54, 1.807) is 18.6 Å². The molecule has 0 atom stereocenters. The van der Waals surface area contributed by atoms with E-state index in [1.165, 1.54) is 5.56 Å². The molecule has 5 heteroatoms. The van der Waals surface area contributed by atoms with Gasteiger partial charge >= 0.3 is 0 Å². The van der Waals surface area contributed by atoms with E-state index < -0.39 is 0 Å². The Morgan fingerprint density at radius 1 is 1.11 bits per heavy atom. The highest BCUT2D eigenvalue weighted by Gasteiger charge is 2.07. The fourth-order valence-corrected chi connectivity index (χ4v) is 2.09. The van der Waals surface area contributed by atoms with Crippen LogP contribution < -0.4 is 0 Å². The summed E-state index contributed by atoms with van der Waals surface area (Å²) in [4.78, 5) is 11.6. The van der Waals surface area contributed by atoms with Crippen LogP contribution >= 0.6 is 15.9 Å². The van der Waals surface area contributed by atoms with Gasteiger partial charge in [0.2, 0.25) is 0 Å². The van der Waals surface area contributed by atoms with E-state index in [0.717, 1.165) is 22.7 Å². The fraction of sp³-hybridized carbons (Fsp3) is 0.0769. The second-order valence-corrected chi connectivity index (χ2v) is 4.86. The van der Waals surface area contributed by atoms with Crippen LogP contribution in [0.1, 0.15) is 5.56 Å². The largest absolute Gasteiger partial charge is 0.342 e. The Kier molecular flexibility index (Phi) is 2.98. The molecule has 0 saturated heterocycles. The van der Waals surface area contributed by atoms with E-state index >= 15 is 0 Å². The number of nitrogens with zero attached hydrogens (tertiary/aromatic N) is 3. The van der Waals surface area contributed by atoms with Crippen molar-refractivity contribution >= 4 is 15.9 Å². The van der Waals surface area contributed by atoms with Crippen LogP contribution in [-0.2, 0) is 6.54 Å². The Labute approximate surface area is 113 Å². The number of H-pyrrole nitrogens is 1. The predicted octanol–water partition coefficient (Wildman–Crippen LogP) is 3.08. The number of halogens is 1. The zero-order valence-corrected chi connectivity index (χ0v) is 11.1. The summed E-state index contributed by atoms with van der Waals surface area (Å²) < 4.78 is 3.16. The Hall–Kier alpha value is -1.88. The van der Waals surface area contributed by atoms with E-state index in [9.17, 15) is 0 Å². The molecule has 0 unspecified atom stereocenters. The molecule has 0 fully saturated rings. The molecule has 0 aliphatic heterocycles. The van der Waals surface area contributed by atoms with Crippen molar-refractivity contribution in [2.24, 2.45) is 0 Å². The van der Waals surface area contributed by atoms with E-state index in [0.29, 0.717) is 0 Å². The van der Waals surface area contributed by atoms with Gasteiger partial charge in [0.1, 0.15) is 0 Å². The molecule has 3 rings (SSSR count). The minimum atomic E-state index is 0.781. The molecule has 0 aliphatic rings. The number of rotatable bonds is 3. The highest BCUT2D eigenvalue weighted by molar-refractivity contribution is 9.10. The van der Waals surface area contributed by atoms with Gasteiger partial charge in [-0.3, -0.25) is 0 Å². The first-order valence-corrected chi connectivity index (χ1v) is 6.37. The first-order valence-electron chi connectivity index (χ1n) is 5.58. The summed E-state index contributed by atoms with van der Waals surface area (Å²) in [6.45, 7) is 0.781. The Morgan fingerprint density at radius 2 is 1.94 bits per heavy atom. The zero-order valence-electron chi connectivity index (χ0n) is 9.55. The summed E-state index contributed by atoms with van der Waals surface area (Å²) in [5.74, 6) is 1.64. The second-order valence-electron chi connectivity index (χ2n) is 3.94. The minimum Gasteiger partial charge on any atom is -0.342 e. The molecule has 0 bridgehead atoms. The lowest BCUT2D eigenvalue weighted by molar-refractivity contribution is 0.801. The first-order chi connectivity index (χ1) is 8.83. The molecular formula is C13H11BrN4. The molecule has 18 heavy (non-hydrogen) atoms. The number of benzene rings is 1. The third-order valence-electron chi connectivity index (χ3n) is 2.69. The molecule has 2 heterocycles. The molecule has 4 nitrogen and oxygen atoms in total. The summed E-state index contributed by atoms with van der Waals surface area (Å²) >= 11 is 3.44. The smallest absolute Gasteiger partial charge is 0.176 e. The lowest BCUT2D eigenvalue weighted by Crippen LogP contribution is -2.01. The number of nitrogens with one attached hydrogen (secondary N) is 1. The van der Waals surface area contributed by atoms with Crippen molar-refractivity contribution in [2.45, 2.75) is 6.54 Å². The number of aromatic nitrogens is 4. The standard InChI is InChI=1S/C13H11BrN4/c14-11-3-1-10(2-4-11)9-18-8-7-17-13(18)12-15-5-6-16-12/h1-8H,9H2,(H,15,16). The maximum Gasteiger partial charge on any atom is 0.176 e. The van der Waals surface area contributed by atoms with Crippen LogP contribution in [0.5, 0.6) is 0 Å². The molecule has 1 aromatic carbocycles. The Balaban J connectivity index is 1.90. The van der Waals surface area contributed by atoms with Crippen molar-refractivity contribution in [3.05, 3.63) is 59.1 Å². The van der Waals surface area contributed by atoms with Crippen molar-refractivity contribution in [1.29, 1.82) is 0 Å². The molecule has 0 spiro atoms. The normalized spacial score (nSPS) is 10.7. The van der Waals surface area contributed by atoms with E-state index in [1.807, 2.05) is 18.3 Å². The molecule has 3 aromatic rings. The third kappa shape index (κ3) is 2.22. The summed E-state index contributed by atoms with van der Waals surface area (Å²) in [6.07, 6.45) is 7.28. The maximum atomic E-state index is 4.33. The highest BCUT2D eigenvalue weighted by atomic mass is 79.9. The van der Waals surface area contributed by atoms with Gasteiger partial charge in [-0.25, -0.2) is 9.97 Å². The van der Waals surface area contributed by atoms with Crippen LogP contribution in [0.2, 0.25) is 0 Å². The van der Waals surface area contributed by atoms with Crippen LogP contribution in [0.4, 0.5) is 0 Å². The number of aromatic amines is 1. The SMILES string of the molecule is Brc1ccc(Cn2ccnc2-c2ncc[nH]2)cc1. The minimum absolute atomic E-state index is 0.781. The van der Waals surface area contributed by atoms with E-state index in [2.05, 4.69) is 47.6 Å². The number of imidazole rings is 2. The molecule has 90 valence electrons. The van der Waals surface area contributed by atoms with Crippen LogP contribution in [0.25, 0.3) is 11.6 Å². The molecule has 0 aliphatic carbocycles. The molecule has 0 saturated carbocycles. The van der Waals surface area contributed by atoms with Gasteiger partial charge in [0.05, 0.1) is 0 Å². The van der Waals surface area contributed by atoms with Crippen LogP contribution in [0.3, 0.4) is 0 Å². The predicted molar refractivity (Wildman–Crippen MR) is 73.1 cm³/mol. The maximum absolute atomic E-state index is 4.33. The summed E-state index contributed by atoms with van der Waals surface area (Å²) in [5.41, 5.74) is 1.23. The lowest BCUT2D eigenvalue weighted by Gasteiger charge is -2.06. The van der Waals surface area contributed by atoms with Crippen molar-refractivity contribution in [3.63, 3.8) is 0 Å². The van der Waals surface area contributed by atoms with Crippen molar-refractivity contribution in [2.75, 3.05) is 0 Å². The average Bonchev–Trinajstić information content (AvgIpc) is 3.02. The quantitative estimate of drug-likeness (QED) is 0.808. The molecular weight excluding hydrogens is 292 g/mol. The van der Waals surface area contributed by atoms with Crippen molar-refractivity contribution in [1.82, 2.24) is 19.5 Å². The first kappa shape index (κ1) is 11.2.